The molecule has 0 spiro atoms. The molecule has 2 amide bonds. The van der Waals surface area contributed by atoms with E-state index in [2.05, 4.69) is 21.2 Å². The van der Waals surface area contributed by atoms with Gasteiger partial charge in [-0.25, -0.2) is 0 Å². The van der Waals surface area contributed by atoms with Crippen LogP contribution < -0.4 is 10.2 Å². The fraction of sp³-hybridized carbons (Fsp3) is 0.300. The van der Waals surface area contributed by atoms with Gasteiger partial charge in [0.25, 0.3) is 5.91 Å². The van der Waals surface area contributed by atoms with Crippen molar-refractivity contribution < 1.29 is 9.59 Å². The fourth-order valence-corrected chi connectivity index (χ4v) is 3.89. The normalized spacial score (nSPS) is 16.2. The van der Waals surface area contributed by atoms with E-state index in [0.29, 0.717) is 16.3 Å². The predicted octanol–water partition coefficient (Wildman–Crippen LogP) is 5.04. The van der Waals surface area contributed by atoms with E-state index in [0.717, 1.165) is 48.0 Å². The smallest absolute Gasteiger partial charge is 0.257 e. The Morgan fingerprint density at radius 2 is 1.96 bits per heavy atom. The molecular weight excluding hydrogens is 416 g/mol. The minimum absolute atomic E-state index is 0.207. The maximum absolute atomic E-state index is 12.5. The number of nitrogens with zero attached hydrogens (tertiary/aromatic N) is 1. The monoisotopic (exact) mass is 432 g/mol. The second-order valence-electron chi connectivity index (χ2n) is 6.79. The molecule has 4 nitrogen and oxygen atoms in total. The Hall–Kier alpha value is -1.85. The molecule has 2 aromatic rings. The molecule has 1 N–H and O–H groups in total. The number of nitrogens with one attached hydrogen (secondary N) is 1. The van der Waals surface area contributed by atoms with Crippen LogP contribution in [0.2, 0.25) is 5.02 Å². The summed E-state index contributed by atoms with van der Waals surface area (Å²) in [5.41, 5.74) is 3.21. The molecule has 26 heavy (non-hydrogen) atoms. The molecule has 134 valence electrons. The highest BCUT2D eigenvalue weighted by atomic mass is 79.9. The van der Waals surface area contributed by atoms with Crippen molar-refractivity contribution in [3.8, 4) is 0 Å². The van der Waals surface area contributed by atoms with Crippen molar-refractivity contribution in [2.75, 3.05) is 16.8 Å². The second-order valence-corrected chi connectivity index (χ2v) is 8.11. The molecule has 1 heterocycles. The Bertz CT molecular complexity index is 895. The Kier molecular flexibility index (Phi) is 4.76. The van der Waals surface area contributed by atoms with Crippen LogP contribution in [0.25, 0.3) is 0 Å². The summed E-state index contributed by atoms with van der Waals surface area (Å²) >= 11 is 9.50. The topological polar surface area (TPSA) is 49.4 Å². The summed E-state index contributed by atoms with van der Waals surface area (Å²) in [4.78, 5) is 26.9. The number of hydrogen-bond donors (Lipinski definition) is 1. The van der Waals surface area contributed by atoms with Gasteiger partial charge in [-0.1, -0.05) is 27.5 Å². The largest absolute Gasteiger partial charge is 0.322 e. The molecule has 0 atom stereocenters. The second kappa shape index (κ2) is 7.05. The highest BCUT2D eigenvalue weighted by Gasteiger charge is 2.35. The maximum Gasteiger partial charge on any atom is 0.257 e. The molecule has 0 bridgehead atoms. The van der Waals surface area contributed by atoms with Crippen LogP contribution in [-0.2, 0) is 11.2 Å². The van der Waals surface area contributed by atoms with E-state index in [1.165, 1.54) is 0 Å². The number of carbonyl (C=O) groups is 2. The quantitative estimate of drug-likeness (QED) is 0.737. The summed E-state index contributed by atoms with van der Waals surface area (Å²) < 4.78 is 0.798. The van der Waals surface area contributed by atoms with Gasteiger partial charge in [0, 0.05) is 28.3 Å². The van der Waals surface area contributed by atoms with Crippen molar-refractivity contribution in [3.63, 3.8) is 0 Å². The first kappa shape index (κ1) is 17.6. The third-order valence-corrected chi connectivity index (χ3v) is 5.64. The zero-order chi connectivity index (χ0) is 18.3. The van der Waals surface area contributed by atoms with Gasteiger partial charge < -0.3 is 10.2 Å². The molecule has 2 aromatic carbocycles. The van der Waals surface area contributed by atoms with E-state index in [1.807, 2.05) is 23.1 Å². The average molecular weight is 434 g/mol. The van der Waals surface area contributed by atoms with E-state index in [9.17, 15) is 9.59 Å². The molecule has 0 aromatic heterocycles. The van der Waals surface area contributed by atoms with E-state index < -0.39 is 0 Å². The predicted molar refractivity (Wildman–Crippen MR) is 107 cm³/mol. The molecule has 1 aliphatic carbocycles. The Morgan fingerprint density at radius 3 is 2.73 bits per heavy atom. The van der Waals surface area contributed by atoms with Crippen LogP contribution in [-0.4, -0.2) is 18.4 Å². The number of fused-ring (bicyclic) bond motifs is 1. The lowest BCUT2D eigenvalue weighted by atomic mass is 10.00. The van der Waals surface area contributed by atoms with Crippen molar-refractivity contribution in [3.05, 3.63) is 57.0 Å². The Balaban J connectivity index is 1.56. The average Bonchev–Trinajstić information content (AvgIpc) is 3.47. The number of anilines is 2. The van der Waals surface area contributed by atoms with Gasteiger partial charge in [-0.2, -0.15) is 0 Å². The lowest BCUT2D eigenvalue weighted by Gasteiger charge is -2.30. The van der Waals surface area contributed by atoms with Crippen LogP contribution in [0, 0.1) is 5.92 Å². The van der Waals surface area contributed by atoms with Crippen molar-refractivity contribution >= 4 is 50.7 Å². The highest BCUT2D eigenvalue weighted by molar-refractivity contribution is 9.10. The van der Waals surface area contributed by atoms with Crippen LogP contribution in [0.5, 0.6) is 0 Å². The summed E-state index contributed by atoms with van der Waals surface area (Å²) in [6.07, 6.45) is 3.86. The summed E-state index contributed by atoms with van der Waals surface area (Å²) in [7, 11) is 0. The van der Waals surface area contributed by atoms with Gasteiger partial charge in [-0.05, 0) is 67.6 Å². The lowest BCUT2D eigenvalue weighted by Crippen LogP contribution is -2.36. The van der Waals surface area contributed by atoms with Gasteiger partial charge in [-0.3, -0.25) is 9.59 Å². The van der Waals surface area contributed by atoms with Crippen molar-refractivity contribution in [1.82, 2.24) is 0 Å². The molecule has 1 aliphatic heterocycles. The SMILES string of the molecule is O=C(Nc1ccc2c(c1)CCCN2C(=O)C1CC1)c1cc(Br)ccc1Cl. The van der Waals surface area contributed by atoms with Gasteiger partial charge >= 0.3 is 0 Å². The summed E-state index contributed by atoms with van der Waals surface area (Å²) in [6.45, 7) is 0.779. The number of amides is 2. The number of rotatable bonds is 3. The van der Waals surface area contributed by atoms with Crippen LogP contribution >= 0.6 is 27.5 Å². The molecule has 6 heteroatoms. The fourth-order valence-electron chi connectivity index (χ4n) is 3.32. The highest BCUT2D eigenvalue weighted by Crippen LogP contribution is 2.36. The third kappa shape index (κ3) is 3.51. The van der Waals surface area contributed by atoms with E-state index in [1.54, 1.807) is 18.2 Å². The van der Waals surface area contributed by atoms with Gasteiger partial charge in [-0.15, -0.1) is 0 Å². The molecule has 1 saturated carbocycles. The maximum atomic E-state index is 12.5. The van der Waals surface area contributed by atoms with Crippen molar-refractivity contribution in [2.24, 2.45) is 5.92 Å². The van der Waals surface area contributed by atoms with Crippen LogP contribution in [0.3, 0.4) is 0 Å². The molecule has 0 saturated heterocycles. The van der Waals surface area contributed by atoms with Gasteiger partial charge in [0.1, 0.15) is 0 Å². The van der Waals surface area contributed by atoms with E-state index in [4.69, 9.17) is 11.6 Å². The Morgan fingerprint density at radius 1 is 1.15 bits per heavy atom. The molecule has 2 aliphatic rings. The summed E-state index contributed by atoms with van der Waals surface area (Å²) in [5, 5.41) is 3.32. The zero-order valence-corrected chi connectivity index (χ0v) is 16.4. The van der Waals surface area contributed by atoms with Crippen molar-refractivity contribution in [1.29, 1.82) is 0 Å². The number of benzene rings is 2. The standard InChI is InChI=1S/C20H18BrClN2O2/c21-14-5-7-17(22)16(11-14)19(25)23-15-6-8-18-13(10-15)2-1-9-24(18)20(26)12-3-4-12/h5-8,10-12H,1-4,9H2,(H,23,25). The molecule has 4 rings (SSSR count). The number of hydrogen-bond acceptors (Lipinski definition) is 2. The van der Waals surface area contributed by atoms with E-state index >= 15 is 0 Å². The first-order valence-electron chi connectivity index (χ1n) is 8.73. The zero-order valence-electron chi connectivity index (χ0n) is 14.1. The minimum atomic E-state index is -0.252. The number of aryl methyl sites for hydroxylation is 1. The Labute approximate surface area is 165 Å². The lowest BCUT2D eigenvalue weighted by molar-refractivity contribution is -0.119. The summed E-state index contributed by atoms with van der Waals surface area (Å²) in [6, 6.07) is 10.9. The van der Waals surface area contributed by atoms with Crippen LogP contribution in [0.1, 0.15) is 35.2 Å². The minimum Gasteiger partial charge on any atom is -0.322 e. The van der Waals surface area contributed by atoms with Crippen LogP contribution in [0.4, 0.5) is 11.4 Å². The van der Waals surface area contributed by atoms with Crippen molar-refractivity contribution in [2.45, 2.75) is 25.7 Å². The third-order valence-electron chi connectivity index (χ3n) is 4.82. The van der Waals surface area contributed by atoms with Gasteiger partial charge in [0.15, 0.2) is 0 Å². The van der Waals surface area contributed by atoms with E-state index in [-0.39, 0.29) is 17.7 Å². The first-order valence-corrected chi connectivity index (χ1v) is 9.91. The number of carbonyl (C=O) groups excluding carboxylic acids is 2. The van der Waals surface area contributed by atoms with Gasteiger partial charge in [0.05, 0.1) is 10.6 Å². The molecule has 0 unspecified atom stereocenters. The summed E-state index contributed by atoms with van der Waals surface area (Å²) in [5.74, 6) is 0.195. The molecule has 0 radical (unpaired) electrons. The number of halogens is 2. The van der Waals surface area contributed by atoms with Gasteiger partial charge in [0.2, 0.25) is 5.91 Å². The molecule has 1 fully saturated rings. The molecular formula is C20H18BrClN2O2. The first-order chi connectivity index (χ1) is 12.5. The van der Waals surface area contributed by atoms with Crippen LogP contribution in [0.15, 0.2) is 40.9 Å².